The Morgan fingerprint density at radius 1 is 0.810 bits per heavy atom. The van der Waals surface area contributed by atoms with Crippen molar-refractivity contribution in [1.29, 1.82) is 0 Å². The molecule has 0 aromatic heterocycles. The van der Waals surface area contributed by atoms with Gasteiger partial charge in [0.15, 0.2) is 0 Å². The summed E-state index contributed by atoms with van der Waals surface area (Å²) in [5.74, 6) is 11.2. The highest BCUT2D eigenvalue weighted by Crippen LogP contribution is 2.48. The van der Waals surface area contributed by atoms with Crippen LogP contribution in [0.1, 0.15) is 78.1 Å². The van der Waals surface area contributed by atoms with Gasteiger partial charge in [-0.05, 0) is 42.9 Å². The van der Waals surface area contributed by atoms with Gasteiger partial charge in [0, 0.05) is 0 Å². The molecule has 124 valence electrons. The lowest BCUT2D eigenvalue weighted by atomic mass is 9.61. The zero-order valence-corrected chi connectivity index (χ0v) is 13.8. The van der Waals surface area contributed by atoms with Crippen LogP contribution in [0.4, 0.5) is 4.79 Å². The van der Waals surface area contributed by atoms with Gasteiger partial charge in [-0.1, -0.05) is 52.4 Å². The molecule has 0 saturated heterocycles. The van der Waals surface area contributed by atoms with E-state index in [0.29, 0.717) is 5.41 Å². The fourth-order valence-electron chi connectivity index (χ4n) is 4.07. The third-order valence-corrected chi connectivity index (χ3v) is 5.58. The van der Waals surface area contributed by atoms with Crippen LogP contribution in [0.3, 0.4) is 0 Å². The Morgan fingerprint density at radius 2 is 1.14 bits per heavy atom. The molecule has 2 rings (SSSR count). The summed E-state index contributed by atoms with van der Waals surface area (Å²) in [5.41, 5.74) is 4.12. The molecule has 0 atom stereocenters. The van der Waals surface area contributed by atoms with Crippen molar-refractivity contribution >= 4 is 6.03 Å². The van der Waals surface area contributed by atoms with E-state index in [0.717, 1.165) is 11.8 Å². The Labute approximate surface area is 129 Å². The predicted molar refractivity (Wildman–Crippen MR) is 87.0 cm³/mol. The molecule has 5 heteroatoms. The number of hydrogen-bond donors (Lipinski definition) is 4. The van der Waals surface area contributed by atoms with E-state index >= 15 is 0 Å². The van der Waals surface area contributed by atoms with Crippen LogP contribution in [0.2, 0.25) is 0 Å². The molecule has 2 aliphatic carbocycles. The number of hydrazine groups is 2. The monoisotopic (exact) mass is 298 g/mol. The maximum absolute atomic E-state index is 9.71. The molecule has 2 fully saturated rings. The number of carbonyl (C=O) groups is 1. The average molecular weight is 298 g/mol. The van der Waals surface area contributed by atoms with Gasteiger partial charge in [0.2, 0.25) is 0 Å². The van der Waals surface area contributed by atoms with Crippen LogP contribution < -0.4 is 22.5 Å². The van der Waals surface area contributed by atoms with Gasteiger partial charge in [0.25, 0.3) is 0 Å². The first-order valence-electron chi connectivity index (χ1n) is 8.49. The van der Waals surface area contributed by atoms with Crippen LogP contribution in [-0.4, -0.2) is 6.03 Å². The summed E-state index contributed by atoms with van der Waals surface area (Å²) in [7, 11) is 0. The Bertz CT molecular complexity index is 269. The first-order chi connectivity index (χ1) is 10.0. The SMILES string of the molecule is CC(C)(C1CCCCC1)C1CCCCC1.NNC(=O)NN. The minimum Gasteiger partial charge on any atom is -0.275 e. The van der Waals surface area contributed by atoms with E-state index in [9.17, 15) is 4.79 Å². The van der Waals surface area contributed by atoms with Gasteiger partial charge in [-0.3, -0.25) is 10.9 Å². The summed E-state index contributed by atoms with van der Waals surface area (Å²) in [6, 6.07) is -0.602. The number of rotatable bonds is 2. The highest BCUT2D eigenvalue weighted by molar-refractivity contribution is 5.72. The molecular formula is C16H34N4O. The lowest BCUT2D eigenvalue weighted by Gasteiger charge is -2.44. The van der Waals surface area contributed by atoms with Crippen molar-refractivity contribution in [3.05, 3.63) is 0 Å². The minimum atomic E-state index is -0.602. The zero-order valence-electron chi connectivity index (χ0n) is 13.8. The summed E-state index contributed by atoms with van der Waals surface area (Å²) in [6.45, 7) is 5.14. The van der Waals surface area contributed by atoms with Gasteiger partial charge in [-0.25, -0.2) is 16.5 Å². The smallest absolute Gasteiger partial charge is 0.275 e. The predicted octanol–water partition coefficient (Wildman–Crippen LogP) is 3.21. The second-order valence-electron chi connectivity index (χ2n) is 7.11. The van der Waals surface area contributed by atoms with E-state index in [1.807, 2.05) is 0 Å². The number of urea groups is 1. The molecule has 0 spiro atoms. The number of amides is 2. The zero-order chi connectivity index (χ0) is 15.7. The van der Waals surface area contributed by atoms with Gasteiger partial charge < -0.3 is 0 Å². The van der Waals surface area contributed by atoms with Gasteiger partial charge in [0.1, 0.15) is 0 Å². The molecule has 5 nitrogen and oxygen atoms in total. The fraction of sp³-hybridized carbons (Fsp3) is 0.938. The van der Waals surface area contributed by atoms with E-state index in [1.54, 1.807) is 10.9 Å². The van der Waals surface area contributed by atoms with Crippen molar-refractivity contribution in [2.45, 2.75) is 78.1 Å². The quantitative estimate of drug-likeness (QED) is 0.358. The lowest BCUT2D eigenvalue weighted by molar-refractivity contribution is 0.0587. The highest BCUT2D eigenvalue weighted by atomic mass is 16.2. The van der Waals surface area contributed by atoms with E-state index < -0.39 is 6.03 Å². The second kappa shape index (κ2) is 9.26. The van der Waals surface area contributed by atoms with Crippen molar-refractivity contribution in [1.82, 2.24) is 10.9 Å². The van der Waals surface area contributed by atoms with Crippen LogP contribution in [0.25, 0.3) is 0 Å². The lowest BCUT2D eigenvalue weighted by Crippen LogP contribution is -2.43. The largest absolute Gasteiger partial charge is 0.343 e. The Balaban J connectivity index is 0.000000315. The molecule has 0 aromatic rings. The molecule has 2 aliphatic rings. The van der Waals surface area contributed by atoms with Crippen LogP contribution in [-0.2, 0) is 0 Å². The summed E-state index contributed by atoms with van der Waals surface area (Å²) >= 11 is 0. The number of carbonyl (C=O) groups excluding carboxylic acids is 1. The number of nitrogens with one attached hydrogen (secondary N) is 2. The Kier molecular flexibility index (Phi) is 8.04. The van der Waals surface area contributed by atoms with E-state index in [4.69, 9.17) is 0 Å². The molecule has 21 heavy (non-hydrogen) atoms. The molecule has 6 N–H and O–H groups in total. The first-order valence-corrected chi connectivity index (χ1v) is 8.49. The maximum Gasteiger partial charge on any atom is 0.343 e. The van der Waals surface area contributed by atoms with E-state index in [2.05, 4.69) is 25.5 Å². The van der Waals surface area contributed by atoms with Gasteiger partial charge in [-0.2, -0.15) is 0 Å². The standard InChI is InChI=1S/C15H28.CH6N4O/c1-15(2,13-9-5-3-6-10-13)14-11-7-4-8-12-14;2-4-1(6)5-3/h13-14H,3-12H2,1-2H3;2-3H2,(H2,4,5,6). The van der Waals surface area contributed by atoms with Crippen molar-refractivity contribution in [2.24, 2.45) is 28.9 Å². The van der Waals surface area contributed by atoms with Crippen LogP contribution >= 0.6 is 0 Å². The molecule has 0 unspecified atom stereocenters. The Hall–Kier alpha value is -0.810. The molecular weight excluding hydrogens is 264 g/mol. The van der Waals surface area contributed by atoms with Crippen LogP contribution in [0.15, 0.2) is 0 Å². The van der Waals surface area contributed by atoms with Gasteiger partial charge in [-0.15, -0.1) is 0 Å². The number of hydrogen-bond acceptors (Lipinski definition) is 3. The molecule has 2 saturated carbocycles. The molecule has 2 amide bonds. The maximum atomic E-state index is 9.71. The summed E-state index contributed by atoms with van der Waals surface area (Å²) < 4.78 is 0. The summed E-state index contributed by atoms with van der Waals surface area (Å²) in [4.78, 5) is 9.71. The van der Waals surface area contributed by atoms with Crippen LogP contribution in [0, 0.1) is 17.3 Å². The first kappa shape index (κ1) is 18.2. The van der Waals surface area contributed by atoms with E-state index in [-0.39, 0.29) is 0 Å². The summed E-state index contributed by atoms with van der Waals surface area (Å²) in [6.07, 6.45) is 15.1. The molecule has 0 bridgehead atoms. The fourth-order valence-corrected chi connectivity index (χ4v) is 4.07. The summed E-state index contributed by atoms with van der Waals surface area (Å²) in [5, 5.41) is 0. The normalized spacial score (nSPS) is 21.1. The minimum absolute atomic E-state index is 0.602. The van der Waals surface area contributed by atoms with Crippen molar-refractivity contribution in [3.8, 4) is 0 Å². The molecule has 0 aliphatic heterocycles. The van der Waals surface area contributed by atoms with Crippen LogP contribution in [0.5, 0.6) is 0 Å². The van der Waals surface area contributed by atoms with Crippen molar-refractivity contribution in [3.63, 3.8) is 0 Å². The third kappa shape index (κ3) is 5.83. The molecule has 0 heterocycles. The highest BCUT2D eigenvalue weighted by Gasteiger charge is 2.37. The third-order valence-electron chi connectivity index (χ3n) is 5.58. The van der Waals surface area contributed by atoms with Gasteiger partial charge >= 0.3 is 6.03 Å². The average Bonchev–Trinajstić information content (AvgIpc) is 2.56. The Morgan fingerprint density at radius 3 is 1.38 bits per heavy atom. The molecule has 0 aromatic carbocycles. The van der Waals surface area contributed by atoms with E-state index in [1.165, 1.54) is 64.2 Å². The van der Waals surface area contributed by atoms with Crippen molar-refractivity contribution < 1.29 is 4.79 Å². The molecule has 0 radical (unpaired) electrons. The van der Waals surface area contributed by atoms with Crippen molar-refractivity contribution in [2.75, 3.05) is 0 Å². The second-order valence-corrected chi connectivity index (χ2v) is 7.11. The topological polar surface area (TPSA) is 93.2 Å². The number of nitrogens with two attached hydrogens (primary N) is 2. The van der Waals surface area contributed by atoms with Gasteiger partial charge in [0.05, 0.1) is 0 Å².